The Hall–Kier alpha value is -1.26. The highest BCUT2D eigenvalue weighted by molar-refractivity contribution is 5.40. The van der Waals surface area contributed by atoms with Crippen LogP contribution < -0.4 is 15.2 Å². The molecule has 2 unspecified atom stereocenters. The van der Waals surface area contributed by atoms with Gasteiger partial charge in [0.2, 0.25) is 0 Å². The molecule has 2 N–H and O–H groups in total. The fourth-order valence-electron chi connectivity index (χ4n) is 2.13. The van der Waals surface area contributed by atoms with Crippen LogP contribution in [-0.4, -0.2) is 27.4 Å². The number of ether oxygens (including phenoxy) is 3. The second-order valence-electron chi connectivity index (χ2n) is 4.30. The minimum absolute atomic E-state index is 0.0264. The standard InChI is InChI=1S/C13H19NO3/c1-15-11-5-10(6-12(7-11)16-2)13(14)9-3-4-17-8-9/h5-7,9,13H,3-4,8,14H2,1-2H3. The number of hydrogen-bond acceptors (Lipinski definition) is 4. The van der Waals surface area contributed by atoms with Crippen LogP contribution >= 0.6 is 0 Å². The van der Waals surface area contributed by atoms with Crippen molar-refractivity contribution in [2.45, 2.75) is 12.5 Å². The number of hydrogen-bond donors (Lipinski definition) is 1. The zero-order chi connectivity index (χ0) is 12.3. The first-order chi connectivity index (χ1) is 8.24. The van der Waals surface area contributed by atoms with Gasteiger partial charge in [-0.2, -0.15) is 0 Å². The molecule has 1 aromatic rings. The SMILES string of the molecule is COc1cc(OC)cc(C(N)C2CCOC2)c1. The fourth-order valence-corrected chi connectivity index (χ4v) is 2.13. The van der Waals surface area contributed by atoms with E-state index >= 15 is 0 Å². The molecule has 4 heteroatoms. The van der Waals surface area contributed by atoms with Gasteiger partial charge in [0, 0.05) is 24.6 Å². The van der Waals surface area contributed by atoms with E-state index in [1.54, 1.807) is 14.2 Å². The summed E-state index contributed by atoms with van der Waals surface area (Å²) in [6.07, 6.45) is 1.01. The molecular formula is C13H19NO3. The van der Waals surface area contributed by atoms with Crippen LogP contribution in [0.3, 0.4) is 0 Å². The lowest BCUT2D eigenvalue weighted by atomic mass is 9.93. The Morgan fingerprint density at radius 2 is 1.88 bits per heavy atom. The Morgan fingerprint density at radius 3 is 2.35 bits per heavy atom. The molecule has 1 aliphatic rings. The minimum Gasteiger partial charge on any atom is -0.497 e. The van der Waals surface area contributed by atoms with Gasteiger partial charge in [0.25, 0.3) is 0 Å². The van der Waals surface area contributed by atoms with Gasteiger partial charge in [-0.1, -0.05) is 0 Å². The quantitative estimate of drug-likeness (QED) is 0.866. The third-order valence-electron chi connectivity index (χ3n) is 3.23. The van der Waals surface area contributed by atoms with Crippen molar-refractivity contribution in [1.82, 2.24) is 0 Å². The molecule has 0 radical (unpaired) electrons. The summed E-state index contributed by atoms with van der Waals surface area (Å²) in [4.78, 5) is 0. The van der Waals surface area contributed by atoms with Crippen molar-refractivity contribution < 1.29 is 14.2 Å². The maximum Gasteiger partial charge on any atom is 0.122 e. The highest BCUT2D eigenvalue weighted by Crippen LogP contribution is 2.31. The average Bonchev–Trinajstić information content (AvgIpc) is 2.91. The van der Waals surface area contributed by atoms with Crippen LogP contribution in [-0.2, 0) is 4.74 Å². The Kier molecular flexibility index (Phi) is 3.86. The third-order valence-corrected chi connectivity index (χ3v) is 3.23. The van der Waals surface area contributed by atoms with Gasteiger partial charge in [0.1, 0.15) is 11.5 Å². The lowest BCUT2D eigenvalue weighted by Crippen LogP contribution is -2.21. The van der Waals surface area contributed by atoms with Crippen LogP contribution in [0.1, 0.15) is 18.0 Å². The van der Waals surface area contributed by atoms with E-state index in [1.165, 1.54) is 0 Å². The molecule has 0 aliphatic carbocycles. The molecule has 1 heterocycles. The van der Waals surface area contributed by atoms with Crippen LogP contribution in [0.2, 0.25) is 0 Å². The summed E-state index contributed by atoms with van der Waals surface area (Å²) in [7, 11) is 3.28. The maximum atomic E-state index is 6.26. The Labute approximate surface area is 102 Å². The van der Waals surface area contributed by atoms with E-state index in [0.29, 0.717) is 5.92 Å². The van der Waals surface area contributed by atoms with Crippen LogP contribution in [0.15, 0.2) is 18.2 Å². The first-order valence-corrected chi connectivity index (χ1v) is 5.81. The summed E-state index contributed by atoms with van der Waals surface area (Å²) in [5, 5.41) is 0. The van der Waals surface area contributed by atoms with Crippen LogP contribution in [0, 0.1) is 5.92 Å². The largest absolute Gasteiger partial charge is 0.497 e. The summed E-state index contributed by atoms with van der Waals surface area (Å²) < 4.78 is 15.9. The van der Waals surface area contributed by atoms with E-state index in [4.69, 9.17) is 19.9 Å². The van der Waals surface area contributed by atoms with Crippen molar-refractivity contribution in [1.29, 1.82) is 0 Å². The molecule has 0 amide bonds. The molecule has 2 atom stereocenters. The van der Waals surface area contributed by atoms with Crippen molar-refractivity contribution in [3.05, 3.63) is 23.8 Å². The molecule has 1 aromatic carbocycles. The molecular weight excluding hydrogens is 218 g/mol. The Balaban J connectivity index is 2.23. The predicted molar refractivity (Wildman–Crippen MR) is 65.4 cm³/mol. The second-order valence-corrected chi connectivity index (χ2v) is 4.30. The molecule has 0 bridgehead atoms. The van der Waals surface area contributed by atoms with Crippen molar-refractivity contribution in [2.75, 3.05) is 27.4 Å². The van der Waals surface area contributed by atoms with Crippen molar-refractivity contribution in [3.8, 4) is 11.5 Å². The highest BCUT2D eigenvalue weighted by Gasteiger charge is 2.24. The summed E-state index contributed by atoms with van der Waals surface area (Å²) in [5.41, 5.74) is 7.29. The molecule has 17 heavy (non-hydrogen) atoms. The van der Waals surface area contributed by atoms with Gasteiger partial charge >= 0.3 is 0 Å². The zero-order valence-corrected chi connectivity index (χ0v) is 10.3. The number of rotatable bonds is 4. The van der Waals surface area contributed by atoms with Gasteiger partial charge in [-0.25, -0.2) is 0 Å². The van der Waals surface area contributed by atoms with Crippen molar-refractivity contribution >= 4 is 0 Å². The lowest BCUT2D eigenvalue weighted by molar-refractivity contribution is 0.181. The molecule has 0 saturated carbocycles. The van der Waals surface area contributed by atoms with Gasteiger partial charge < -0.3 is 19.9 Å². The van der Waals surface area contributed by atoms with Crippen LogP contribution in [0.25, 0.3) is 0 Å². The van der Waals surface area contributed by atoms with E-state index in [2.05, 4.69) is 0 Å². The van der Waals surface area contributed by atoms with Crippen molar-refractivity contribution in [3.63, 3.8) is 0 Å². The fraction of sp³-hybridized carbons (Fsp3) is 0.538. The first-order valence-electron chi connectivity index (χ1n) is 5.81. The Bertz CT molecular complexity index is 353. The summed E-state index contributed by atoms with van der Waals surface area (Å²) >= 11 is 0. The van der Waals surface area contributed by atoms with Crippen LogP contribution in [0.4, 0.5) is 0 Å². The van der Waals surface area contributed by atoms with E-state index in [-0.39, 0.29) is 6.04 Å². The molecule has 1 fully saturated rings. The van der Waals surface area contributed by atoms with E-state index < -0.39 is 0 Å². The summed E-state index contributed by atoms with van der Waals surface area (Å²) in [6, 6.07) is 5.75. The first kappa shape index (κ1) is 12.2. The summed E-state index contributed by atoms with van der Waals surface area (Å²) in [5.74, 6) is 1.93. The number of benzene rings is 1. The normalized spacial score (nSPS) is 21.2. The molecule has 1 aliphatic heterocycles. The summed E-state index contributed by atoms with van der Waals surface area (Å²) in [6.45, 7) is 1.54. The van der Waals surface area contributed by atoms with Gasteiger partial charge in [-0.3, -0.25) is 0 Å². The van der Waals surface area contributed by atoms with E-state index in [1.807, 2.05) is 18.2 Å². The van der Waals surface area contributed by atoms with Crippen LogP contribution in [0.5, 0.6) is 11.5 Å². The van der Waals surface area contributed by atoms with E-state index in [0.717, 1.165) is 36.7 Å². The topological polar surface area (TPSA) is 53.7 Å². The van der Waals surface area contributed by atoms with Gasteiger partial charge in [0.15, 0.2) is 0 Å². The van der Waals surface area contributed by atoms with Crippen molar-refractivity contribution in [2.24, 2.45) is 11.7 Å². The molecule has 2 rings (SSSR count). The monoisotopic (exact) mass is 237 g/mol. The molecule has 94 valence electrons. The lowest BCUT2D eigenvalue weighted by Gasteiger charge is -2.19. The zero-order valence-electron chi connectivity index (χ0n) is 10.3. The average molecular weight is 237 g/mol. The van der Waals surface area contributed by atoms with Gasteiger partial charge in [0.05, 0.1) is 20.8 Å². The van der Waals surface area contributed by atoms with Gasteiger partial charge in [-0.05, 0) is 24.1 Å². The predicted octanol–water partition coefficient (Wildman–Crippen LogP) is 1.74. The third kappa shape index (κ3) is 2.70. The smallest absolute Gasteiger partial charge is 0.122 e. The Morgan fingerprint density at radius 1 is 1.24 bits per heavy atom. The maximum absolute atomic E-state index is 6.26. The van der Waals surface area contributed by atoms with Gasteiger partial charge in [-0.15, -0.1) is 0 Å². The second kappa shape index (κ2) is 5.38. The highest BCUT2D eigenvalue weighted by atomic mass is 16.5. The minimum atomic E-state index is -0.0264. The molecule has 1 saturated heterocycles. The number of methoxy groups -OCH3 is 2. The molecule has 0 aromatic heterocycles. The molecule has 0 spiro atoms. The molecule has 4 nitrogen and oxygen atoms in total. The van der Waals surface area contributed by atoms with E-state index in [9.17, 15) is 0 Å². The number of nitrogens with two attached hydrogens (primary N) is 1.